The highest BCUT2D eigenvalue weighted by Crippen LogP contribution is 2.14. The number of piperazine rings is 3. The molecule has 3 rings (SSSR count). The number of fused-ring (bicyclic) bond motifs is 3. The SMILES string of the molecule is CN(C)S(=O)(=O)NCC1CN2CCN1CC2. The van der Waals surface area contributed by atoms with Crippen molar-refractivity contribution in [3.63, 3.8) is 0 Å². The van der Waals surface area contributed by atoms with Crippen molar-refractivity contribution in [2.45, 2.75) is 6.04 Å². The second-order valence-corrected chi connectivity index (χ2v) is 6.60. The predicted octanol–water partition coefficient (Wildman–Crippen LogP) is -1.62. The Morgan fingerprint density at radius 1 is 1.25 bits per heavy atom. The van der Waals surface area contributed by atoms with E-state index in [1.54, 1.807) is 14.1 Å². The van der Waals surface area contributed by atoms with E-state index in [9.17, 15) is 8.42 Å². The van der Waals surface area contributed by atoms with Crippen LogP contribution in [0.1, 0.15) is 0 Å². The van der Waals surface area contributed by atoms with Crippen LogP contribution in [0.4, 0.5) is 0 Å². The average molecular weight is 248 g/mol. The van der Waals surface area contributed by atoms with E-state index in [1.165, 1.54) is 4.31 Å². The maximum atomic E-state index is 11.6. The standard InChI is InChI=1S/C9H20N4O2S/c1-11(2)16(14,15)10-7-9-8-12-3-5-13(9)6-4-12/h9-10H,3-8H2,1-2H3. The van der Waals surface area contributed by atoms with Gasteiger partial charge in [0.15, 0.2) is 0 Å². The van der Waals surface area contributed by atoms with E-state index in [4.69, 9.17) is 0 Å². The molecule has 0 amide bonds. The van der Waals surface area contributed by atoms with Crippen molar-refractivity contribution in [3.8, 4) is 0 Å². The Hall–Kier alpha value is -0.210. The molecule has 0 aromatic carbocycles. The average Bonchev–Trinajstić information content (AvgIpc) is 2.28. The minimum Gasteiger partial charge on any atom is -0.299 e. The van der Waals surface area contributed by atoms with E-state index >= 15 is 0 Å². The molecular weight excluding hydrogens is 228 g/mol. The summed E-state index contributed by atoms with van der Waals surface area (Å²) in [4.78, 5) is 4.77. The topological polar surface area (TPSA) is 55.9 Å². The fraction of sp³-hybridized carbons (Fsp3) is 1.00. The van der Waals surface area contributed by atoms with E-state index in [0.717, 1.165) is 32.7 Å². The monoisotopic (exact) mass is 248 g/mol. The molecule has 3 aliphatic heterocycles. The van der Waals surface area contributed by atoms with Gasteiger partial charge < -0.3 is 0 Å². The summed E-state index contributed by atoms with van der Waals surface area (Å²) in [7, 11) is -0.195. The molecule has 0 aromatic heterocycles. The summed E-state index contributed by atoms with van der Waals surface area (Å²) in [6.07, 6.45) is 0. The van der Waals surface area contributed by atoms with Gasteiger partial charge in [-0.2, -0.15) is 12.7 Å². The van der Waals surface area contributed by atoms with Gasteiger partial charge in [0.25, 0.3) is 10.2 Å². The van der Waals surface area contributed by atoms with Crippen molar-refractivity contribution in [1.29, 1.82) is 0 Å². The smallest absolute Gasteiger partial charge is 0.278 e. The summed E-state index contributed by atoms with van der Waals surface area (Å²) in [5.74, 6) is 0. The third kappa shape index (κ3) is 2.54. The molecule has 94 valence electrons. The van der Waals surface area contributed by atoms with Crippen molar-refractivity contribution in [2.24, 2.45) is 0 Å². The first-order valence-corrected chi connectivity index (χ1v) is 7.06. The van der Waals surface area contributed by atoms with E-state index in [2.05, 4.69) is 14.5 Å². The first-order valence-electron chi connectivity index (χ1n) is 5.62. The Kier molecular flexibility index (Phi) is 3.50. The van der Waals surface area contributed by atoms with Gasteiger partial charge in [0, 0.05) is 59.4 Å². The van der Waals surface area contributed by atoms with E-state index < -0.39 is 10.2 Å². The highest BCUT2D eigenvalue weighted by molar-refractivity contribution is 7.87. The summed E-state index contributed by atoms with van der Waals surface area (Å²) < 4.78 is 27.0. The summed E-state index contributed by atoms with van der Waals surface area (Å²) in [6.45, 7) is 5.86. The van der Waals surface area contributed by atoms with Crippen molar-refractivity contribution < 1.29 is 8.42 Å². The molecule has 0 aliphatic carbocycles. The number of hydrogen-bond donors (Lipinski definition) is 1. The Morgan fingerprint density at radius 2 is 1.88 bits per heavy atom. The molecule has 16 heavy (non-hydrogen) atoms. The van der Waals surface area contributed by atoms with Crippen LogP contribution in [0.25, 0.3) is 0 Å². The molecule has 1 N–H and O–H groups in total. The highest BCUT2D eigenvalue weighted by Gasteiger charge is 2.32. The van der Waals surface area contributed by atoms with Gasteiger partial charge >= 0.3 is 0 Å². The Bertz CT molecular complexity index is 335. The van der Waals surface area contributed by atoms with E-state index in [0.29, 0.717) is 12.6 Å². The largest absolute Gasteiger partial charge is 0.299 e. The van der Waals surface area contributed by atoms with Gasteiger partial charge in [-0.25, -0.2) is 4.72 Å². The van der Waals surface area contributed by atoms with Crippen LogP contribution >= 0.6 is 0 Å². The quantitative estimate of drug-likeness (QED) is 0.650. The summed E-state index contributed by atoms with van der Waals surface area (Å²) in [5.41, 5.74) is 0. The van der Waals surface area contributed by atoms with Crippen LogP contribution in [-0.4, -0.2) is 81.9 Å². The van der Waals surface area contributed by atoms with Gasteiger partial charge in [-0.05, 0) is 0 Å². The molecule has 0 saturated carbocycles. The molecule has 6 nitrogen and oxygen atoms in total. The first kappa shape index (κ1) is 12.3. The molecule has 1 atom stereocenters. The molecular formula is C9H20N4O2S. The third-order valence-corrected chi connectivity index (χ3v) is 4.87. The zero-order valence-corrected chi connectivity index (χ0v) is 10.7. The van der Waals surface area contributed by atoms with Gasteiger partial charge in [-0.3, -0.25) is 9.80 Å². The highest BCUT2D eigenvalue weighted by atomic mass is 32.2. The normalized spacial score (nSPS) is 34.6. The van der Waals surface area contributed by atoms with Gasteiger partial charge in [0.05, 0.1) is 0 Å². The maximum absolute atomic E-state index is 11.6. The van der Waals surface area contributed by atoms with E-state index in [1.807, 2.05) is 0 Å². The fourth-order valence-corrected chi connectivity index (χ4v) is 2.91. The second-order valence-electron chi connectivity index (χ2n) is 4.63. The molecule has 2 bridgehead atoms. The maximum Gasteiger partial charge on any atom is 0.278 e. The Balaban J connectivity index is 1.87. The summed E-state index contributed by atoms with van der Waals surface area (Å²) in [6, 6.07) is 0.331. The van der Waals surface area contributed by atoms with Crippen LogP contribution in [-0.2, 0) is 10.2 Å². The lowest BCUT2D eigenvalue weighted by Gasteiger charge is -2.47. The fourth-order valence-electron chi connectivity index (χ4n) is 2.25. The van der Waals surface area contributed by atoms with Crippen LogP contribution in [0.5, 0.6) is 0 Å². The van der Waals surface area contributed by atoms with Crippen molar-refractivity contribution >= 4 is 10.2 Å². The molecule has 0 aromatic rings. The number of rotatable bonds is 4. The lowest BCUT2D eigenvalue weighted by molar-refractivity contribution is 0.0157. The lowest BCUT2D eigenvalue weighted by Crippen LogP contribution is -2.63. The van der Waals surface area contributed by atoms with Gasteiger partial charge in [-0.15, -0.1) is 0 Å². The molecule has 0 spiro atoms. The zero-order valence-electron chi connectivity index (χ0n) is 9.89. The van der Waals surface area contributed by atoms with Crippen molar-refractivity contribution in [1.82, 2.24) is 18.8 Å². The van der Waals surface area contributed by atoms with Crippen molar-refractivity contribution in [2.75, 3.05) is 53.4 Å². The number of nitrogens with one attached hydrogen (secondary N) is 1. The lowest BCUT2D eigenvalue weighted by atomic mass is 10.1. The van der Waals surface area contributed by atoms with Gasteiger partial charge in [-0.1, -0.05) is 0 Å². The minimum atomic E-state index is -3.28. The predicted molar refractivity (Wildman–Crippen MR) is 62.4 cm³/mol. The Labute approximate surface area is 97.4 Å². The summed E-state index contributed by atoms with van der Waals surface area (Å²) in [5, 5.41) is 0. The molecule has 0 radical (unpaired) electrons. The minimum absolute atomic E-state index is 0.331. The van der Waals surface area contributed by atoms with Gasteiger partial charge in [0.1, 0.15) is 0 Å². The molecule has 3 saturated heterocycles. The number of nitrogens with zero attached hydrogens (tertiary/aromatic N) is 3. The molecule has 7 heteroatoms. The molecule has 1 unspecified atom stereocenters. The van der Waals surface area contributed by atoms with Crippen LogP contribution in [0.15, 0.2) is 0 Å². The Morgan fingerprint density at radius 3 is 2.31 bits per heavy atom. The second kappa shape index (κ2) is 4.58. The zero-order chi connectivity index (χ0) is 11.8. The molecule has 3 aliphatic rings. The summed E-state index contributed by atoms with van der Waals surface area (Å²) >= 11 is 0. The van der Waals surface area contributed by atoms with Gasteiger partial charge in [0.2, 0.25) is 0 Å². The molecule has 3 heterocycles. The van der Waals surface area contributed by atoms with Crippen LogP contribution in [0, 0.1) is 0 Å². The first-order chi connectivity index (χ1) is 7.49. The molecule has 3 fully saturated rings. The van der Waals surface area contributed by atoms with Crippen LogP contribution < -0.4 is 4.72 Å². The van der Waals surface area contributed by atoms with Crippen LogP contribution in [0.3, 0.4) is 0 Å². The van der Waals surface area contributed by atoms with Crippen LogP contribution in [0.2, 0.25) is 0 Å². The van der Waals surface area contributed by atoms with Crippen molar-refractivity contribution in [3.05, 3.63) is 0 Å². The van der Waals surface area contributed by atoms with E-state index in [-0.39, 0.29) is 0 Å². The third-order valence-electron chi connectivity index (χ3n) is 3.37. The number of hydrogen-bond acceptors (Lipinski definition) is 4.